The van der Waals surface area contributed by atoms with Crippen LogP contribution in [0.2, 0.25) is 0 Å². The van der Waals surface area contributed by atoms with Crippen molar-refractivity contribution in [3.8, 4) is 0 Å². The van der Waals surface area contributed by atoms with E-state index >= 15 is 0 Å². The highest BCUT2D eigenvalue weighted by Crippen LogP contribution is 2.19. The van der Waals surface area contributed by atoms with Gasteiger partial charge in [0.2, 0.25) is 0 Å². The molecule has 1 rings (SSSR count). The van der Waals surface area contributed by atoms with Crippen LogP contribution in [0.15, 0.2) is 18.2 Å². The van der Waals surface area contributed by atoms with E-state index in [2.05, 4.69) is 4.84 Å². The number of rotatable bonds is 2. The number of aryl methyl sites for hydroxylation is 1. The first-order chi connectivity index (χ1) is 5.66. The van der Waals surface area contributed by atoms with E-state index in [9.17, 15) is 4.79 Å². The highest BCUT2D eigenvalue weighted by molar-refractivity contribution is 6.25. The molecule has 0 aliphatic carbocycles. The molecule has 1 aromatic rings. The summed E-state index contributed by atoms with van der Waals surface area (Å²) in [4.78, 5) is 13.0. The van der Waals surface area contributed by atoms with Crippen molar-refractivity contribution in [2.45, 2.75) is 6.92 Å². The van der Waals surface area contributed by atoms with Crippen molar-refractivity contribution >= 4 is 23.4 Å². The Morgan fingerprint density at radius 3 is 2.67 bits per heavy atom. The van der Waals surface area contributed by atoms with E-state index < -0.39 is 5.97 Å². The molecule has 0 aromatic heterocycles. The lowest BCUT2D eigenvalue weighted by atomic mass is 10.1. The molecule has 0 radical (unpaired) electrons. The molecule has 1 aromatic carbocycles. The van der Waals surface area contributed by atoms with Crippen LogP contribution in [0.4, 0.5) is 5.69 Å². The summed E-state index contributed by atoms with van der Waals surface area (Å²) in [5.74, 6) is -0.976. The summed E-state index contributed by atoms with van der Waals surface area (Å²) in [6, 6.07) is 5.08. The Bertz CT molecular complexity index is 312. The lowest BCUT2D eigenvalue weighted by Gasteiger charge is -2.05. The van der Waals surface area contributed by atoms with Crippen molar-refractivity contribution in [3.05, 3.63) is 29.3 Å². The minimum Gasteiger partial charge on any atom is -0.478 e. The van der Waals surface area contributed by atoms with Crippen molar-refractivity contribution in [1.29, 1.82) is 0 Å². The normalized spacial score (nSPS) is 9.50. The third-order valence-corrected chi connectivity index (χ3v) is 1.79. The molecule has 0 aliphatic heterocycles. The predicted octanol–water partition coefficient (Wildman–Crippen LogP) is 2.26. The van der Waals surface area contributed by atoms with Gasteiger partial charge >= 0.3 is 5.97 Å². The van der Waals surface area contributed by atoms with Gasteiger partial charge in [-0.25, -0.2) is 4.79 Å². The van der Waals surface area contributed by atoms with Gasteiger partial charge in [0.15, 0.2) is 0 Å². The van der Waals surface area contributed by atoms with E-state index in [-0.39, 0.29) is 5.56 Å². The fraction of sp³-hybridized carbons (Fsp3) is 0.125. The van der Waals surface area contributed by atoms with Gasteiger partial charge < -0.3 is 5.11 Å². The van der Waals surface area contributed by atoms with Crippen molar-refractivity contribution in [2.24, 2.45) is 0 Å². The predicted molar refractivity (Wildman–Crippen MR) is 47.6 cm³/mol. The molecule has 12 heavy (non-hydrogen) atoms. The fourth-order valence-electron chi connectivity index (χ4n) is 1.03. The van der Waals surface area contributed by atoms with Gasteiger partial charge in [-0.15, -0.1) is 0 Å². The Kier molecular flexibility index (Phi) is 2.55. The molecule has 0 fully saturated rings. The number of halogens is 1. The third-order valence-electron chi connectivity index (χ3n) is 1.59. The van der Waals surface area contributed by atoms with Gasteiger partial charge in [0.25, 0.3) is 0 Å². The highest BCUT2D eigenvalue weighted by Gasteiger charge is 2.11. The highest BCUT2D eigenvalue weighted by atomic mass is 35.5. The van der Waals surface area contributed by atoms with Gasteiger partial charge in [0.05, 0.1) is 11.3 Å². The Morgan fingerprint density at radius 1 is 1.58 bits per heavy atom. The second kappa shape index (κ2) is 3.45. The lowest BCUT2D eigenvalue weighted by Crippen LogP contribution is -2.02. The molecule has 64 valence electrons. The average Bonchev–Trinajstić information content (AvgIpc) is 2.03. The van der Waals surface area contributed by atoms with Crippen LogP contribution in [0.3, 0.4) is 0 Å². The molecule has 0 atom stereocenters. The number of carboxylic acid groups (broad SMARTS) is 1. The molecule has 0 unspecified atom stereocenters. The number of hydrogen-bond acceptors (Lipinski definition) is 2. The second-order valence-corrected chi connectivity index (χ2v) is 2.59. The molecular formula is C8H8ClNO2. The second-order valence-electron chi connectivity index (χ2n) is 2.40. The zero-order valence-electron chi connectivity index (χ0n) is 6.47. The number of nitrogens with one attached hydrogen (secondary N) is 1. The maximum absolute atomic E-state index is 10.7. The van der Waals surface area contributed by atoms with Gasteiger partial charge in [-0.3, -0.25) is 4.84 Å². The zero-order valence-corrected chi connectivity index (χ0v) is 7.22. The van der Waals surface area contributed by atoms with Crippen LogP contribution in [0.1, 0.15) is 15.9 Å². The van der Waals surface area contributed by atoms with Gasteiger partial charge in [-0.1, -0.05) is 12.1 Å². The van der Waals surface area contributed by atoms with Crippen LogP contribution < -0.4 is 4.84 Å². The molecular weight excluding hydrogens is 178 g/mol. The summed E-state index contributed by atoms with van der Waals surface area (Å²) in [6.45, 7) is 1.72. The summed E-state index contributed by atoms with van der Waals surface area (Å²) in [5, 5.41) is 8.78. The third kappa shape index (κ3) is 1.51. The van der Waals surface area contributed by atoms with Crippen LogP contribution in [-0.4, -0.2) is 11.1 Å². The molecule has 3 nitrogen and oxygen atoms in total. The Balaban J connectivity index is 3.29. The lowest BCUT2D eigenvalue weighted by molar-refractivity contribution is 0.0697. The van der Waals surface area contributed by atoms with Crippen LogP contribution >= 0.6 is 11.8 Å². The number of carbonyl (C=O) groups is 1. The number of carboxylic acids is 1. The fourth-order valence-corrected chi connectivity index (χ4v) is 1.19. The number of hydrogen-bond donors (Lipinski definition) is 2. The van der Waals surface area contributed by atoms with Crippen LogP contribution in [0.5, 0.6) is 0 Å². The first-order valence-electron chi connectivity index (χ1n) is 3.36. The molecule has 2 N–H and O–H groups in total. The summed E-state index contributed by atoms with van der Waals surface area (Å²) in [5.41, 5.74) is 1.32. The average molecular weight is 186 g/mol. The Hall–Kier alpha value is -1.22. The van der Waals surface area contributed by atoms with Crippen molar-refractivity contribution in [2.75, 3.05) is 4.84 Å². The van der Waals surface area contributed by atoms with E-state index in [1.165, 1.54) is 0 Å². The van der Waals surface area contributed by atoms with Crippen molar-refractivity contribution in [3.63, 3.8) is 0 Å². The van der Waals surface area contributed by atoms with Crippen molar-refractivity contribution < 1.29 is 9.90 Å². The van der Waals surface area contributed by atoms with Crippen LogP contribution in [-0.2, 0) is 0 Å². The monoisotopic (exact) mass is 185 g/mol. The Labute approximate surface area is 75.1 Å². The maximum atomic E-state index is 10.7. The van der Waals surface area contributed by atoms with E-state index in [0.717, 1.165) is 0 Å². The standard InChI is InChI=1S/C8H8ClNO2/c1-5-3-2-4-6(10-9)7(5)8(11)12/h2-4,10H,1H3,(H,11,12). The van der Waals surface area contributed by atoms with Gasteiger partial charge in [0.1, 0.15) is 0 Å². The minimum atomic E-state index is -0.976. The SMILES string of the molecule is Cc1cccc(NCl)c1C(=O)O. The minimum absolute atomic E-state index is 0.215. The summed E-state index contributed by atoms with van der Waals surface area (Å²) in [6.07, 6.45) is 0. The molecule has 0 amide bonds. The Morgan fingerprint density at radius 2 is 2.25 bits per heavy atom. The first-order valence-corrected chi connectivity index (χ1v) is 3.74. The van der Waals surface area contributed by atoms with E-state index in [0.29, 0.717) is 11.3 Å². The zero-order chi connectivity index (χ0) is 9.14. The van der Waals surface area contributed by atoms with Crippen LogP contribution in [0.25, 0.3) is 0 Å². The van der Waals surface area contributed by atoms with E-state index in [1.807, 2.05) is 0 Å². The smallest absolute Gasteiger partial charge is 0.338 e. The largest absolute Gasteiger partial charge is 0.478 e. The van der Waals surface area contributed by atoms with E-state index in [1.54, 1.807) is 25.1 Å². The van der Waals surface area contributed by atoms with Crippen LogP contribution in [0, 0.1) is 6.92 Å². The molecule has 0 heterocycles. The van der Waals surface area contributed by atoms with E-state index in [4.69, 9.17) is 16.9 Å². The first kappa shape index (κ1) is 8.87. The molecule has 0 saturated carbocycles. The summed E-state index contributed by atoms with van der Waals surface area (Å²) < 4.78 is 0. The van der Waals surface area contributed by atoms with Gasteiger partial charge in [-0.2, -0.15) is 0 Å². The quantitative estimate of drug-likeness (QED) is 0.695. The maximum Gasteiger partial charge on any atom is 0.338 e. The van der Waals surface area contributed by atoms with Gasteiger partial charge in [-0.05, 0) is 18.6 Å². The number of anilines is 1. The number of aromatic carboxylic acids is 1. The van der Waals surface area contributed by atoms with Gasteiger partial charge in [0, 0.05) is 11.8 Å². The number of benzene rings is 1. The molecule has 0 aliphatic rings. The molecule has 0 spiro atoms. The van der Waals surface area contributed by atoms with Crippen molar-refractivity contribution in [1.82, 2.24) is 0 Å². The summed E-state index contributed by atoms with van der Waals surface area (Å²) in [7, 11) is 0. The summed E-state index contributed by atoms with van der Waals surface area (Å²) >= 11 is 5.33. The molecule has 0 bridgehead atoms. The molecule has 4 heteroatoms. The molecule has 0 saturated heterocycles. The topological polar surface area (TPSA) is 49.3 Å².